The molecule has 0 atom stereocenters. The molecule has 0 aliphatic carbocycles. The van der Waals surface area contributed by atoms with Crippen LogP contribution in [0.3, 0.4) is 0 Å². The summed E-state index contributed by atoms with van der Waals surface area (Å²) in [5.41, 5.74) is 5.83. The zero-order valence-electron chi connectivity index (χ0n) is 11.5. The summed E-state index contributed by atoms with van der Waals surface area (Å²) < 4.78 is 4.40. The molecule has 2 rings (SSSR count). The molecule has 0 aliphatic heterocycles. The number of nitrogens with zero attached hydrogens (tertiary/aromatic N) is 4. The topological polar surface area (TPSA) is 87.8 Å². The smallest absolute Gasteiger partial charge is 0.330 e. The Hall–Kier alpha value is -1.89. The highest BCUT2D eigenvalue weighted by Gasteiger charge is 2.17. The van der Waals surface area contributed by atoms with Gasteiger partial charge in [-0.25, -0.2) is 9.78 Å². The van der Waals surface area contributed by atoms with E-state index in [1.54, 1.807) is 7.05 Å². The van der Waals surface area contributed by atoms with Crippen LogP contribution in [0.25, 0.3) is 11.2 Å². The van der Waals surface area contributed by atoms with Gasteiger partial charge in [0.15, 0.2) is 11.2 Å². The lowest BCUT2D eigenvalue weighted by Gasteiger charge is -2.07. The van der Waals surface area contributed by atoms with E-state index in [0.29, 0.717) is 30.7 Å². The van der Waals surface area contributed by atoms with Gasteiger partial charge in [-0.2, -0.15) is 0 Å². The lowest BCUT2D eigenvalue weighted by atomic mass is 10.3. The SMILES string of the molecule is CCCn1c(CCN)nc2c1c(=O)n(C)c(=O)n2C. The van der Waals surface area contributed by atoms with Crippen LogP contribution in [0.4, 0.5) is 0 Å². The van der Waals surface area contributed by atoms with Gasteiger partial charge < -0.3 is 10.3 Å². The average Bonchev–Trinajstić information content (AvgIpc) is 2.74. The predicted molar refractivity (Wildman–Crippen MR) is 73.3 cm³/mol. The number of nitrogens with two attached hydrogens (primary N) is 1. The second kappa shape index (κ2) is 5.00. The quantitative estimate of drug-likeness (QED) is 0.795. The first-order chi connectivity index (χ1) is 9.02. The van der Waals surface area contributed by atoms with Gasteiger partial charge in [-0.1, -0.05) is 6.92 Å². The molecule has 0 radical (unpaired) electrons. The number of rotatable bonds is 4. The van der Waals surface area contributed by atoms with Crippen LogP contribution in [0.2, 0.25) is 0 Å². The molecule has 2 aromatic heterocycles. The van der Waals surface area contributed by atoms with Gasteiger partial charge in [-0.05, 0) is 13.0 Å². The van der Waals surface area contributed by atoms with Crippen LogP contribution < -0.4 is 17.0 Å². The van der Waals surface area contributed by atoms with E-state index in [-0.39, 0.29) is 11.2 Å². The maximum absolute atomic E-state index is 12.3. The van der Waals surface area contributed by atoms with Crippen LogP contribution >= 0.6 is 0 Å². The van der Waals surface area contributed by atoms with Crippen molar-refractivity contribution in [3.8, 4) is 0 Å². The molecule has 2 N–H and O–H groups in total. The normalized spacial score (nSPS) is 11.4. The van der Waals surface area contributed by atoms with E-state index in [2.05, 4.69) is 4.98 Å². The first-order valence-corrected chi connectivity index (χ1v) is 6.38. The third kappa shape index (κ3) is 1.99. The van der Waals surface area contributed by atoms with Crippen molar-refractivity contribution in [1.29, 1.82) is 0 Å². The molecule has 0 saturated heterocycles. The van der Waals surface area contributed by atoms with E-state index in [1.807, 2.05) is 11.5 Å². The van der Waals surface area contributed by atoms with E-state index < -0.39 is 0 Å². The molecule has 0 aromatic carbocycles. The summed E-state index contributed by atoms with van der Waals surface area (Å²) in [5.74, 6) is 0.762. The van der Waals surface area contributed by atoms with Gasteiger partial charge in [0.1, 0.15) is 5.82 Å². The fraction of sp³-hybridized carbons (Fsp3) is 0.583. The first kappa shape index (κ1) is 13.5. The van der Waals surface area contributed by atoms with E-state index >= 15 is 0 Å². The van der Waals surface area contributed by atoms with Crippen molar-refractivity contribution in [3.05, 3.63) is 26.7 Å². The molecule has 0 bridgehead atoms. The van der Waals surface area contributed by atoms with E-state index in [4.69, 9.17) is 5.73 Å². The number of aryl methyl sites for hydroxylation is 2. The molecule has 0 saturated carbocycles. The summed E-state index contributed by atoms with van der Waals surface area (Å²) in [6.07, 6.45) is 1.47. The number of fused-ring (bicyclic) bond motifs is 1. The summed E-state index contributed by atoms with van der Waals surface area (Å²) in [5, 5.41) is 0. The molecule has 0 unspecified atom stereocenters. The molecule has 2 aromatic rings. The highest BCUT2D eigenvalue weighted by molar-refractivity contribution is 5.71. The van der Waals surface area contributed by atoms with Crippen molar-refractivity contribution in [2.45, 2.75) is 26.3 Å². The Morgan fingerprint density at radius 2 is 1.89 bits per heavy atom. The van der Waals surface area contributed by atoms with Crippen molar-refractivity contribution in [1.82, 2.24) is 18.7 Å². The Balaban J connectivity index is 2.92. The monoisotopic (exact) mass is 265 g/mol. The fourth-order valence-corrected chi connectivity index (χ4v) is 2.28. The summed E-state index contributed by atoms with van der Waals surface area (Å²) in [7, 11) is 3.11. The van der Waals surface area contributed by atoms with Gasteiger partial charge in [0.2, 0.25) is 0 Å². The van der Waals surface area contributed by atoms with E-state index in [0.717, 1.165) is 16.8 Å². The summed E-state index contributed by atoms with van der Waals surface area (Å²) in [4.78, 5) is 28.6. The standard InChI is InChI=1S/C12H19N5O2/c1-4-7-17-8(5-6-13)14-10-9(17)11(18)16(3)12(19)15(10)2/h4-7,13H2,1-3H3. The van der Waals surface area contributed by atoms with Gasteiger partial charge in [-0.15, -0.1) is 0 Å². The Bertz CT molecular complexity index is 722. The molecule has 0 spiro atoms. The average molecular weight is 265 g/mol. The molecule has 7 nitrogen and oxygen atoms in total. The number of hydrogen-bond donors (Lipinski definition) is 1. The van der Waals surface area contributed by atoms with Crippen LogP contribution in [0.15, 0.2) is 9.59 Å². The first-order valence-electron chi connectivity index (χ1n) is 6.38. The summed E-state index contributed by atoms with van der Waals surface area (Å²) in [6.45, 7) is 3.19. The molecule has 104 valence electrons. The van der Waals surface area contributed by atoms with Crippen molar-refractivity contribution in [3.63, 3.8) is 0 Å². The van der Waals surface area contributed by atoms with Gasteiger partial charge in [0, 0.05) is 27.1 Å². The van der Waals surface area contributed by atoms with Gasteiger partial charge >= 0.3 is 5.69 Å². The zero-order valence-corrected chi connectivity index (χ0v) is 11.5. The van der Waals surface area contributed by atoms with Crippen LogP contribution in [-0.4, -0.2) is 25.2 Å². The largest absolute Gasteiger partial charge is 0.332 e. The fourth-order valence-electron chi connectivity index (χ4n) is 2.28. The third-order valence-corrected chi connectivity index (χ3v) is 3.24. The van der Waals surface area contributed by atoms with Crippen LogP contribution in [0, 0.1) is 0 Å². The van der Waals surface area contributed by atoms with Crippen molar-refractivity contribution < 1.29 is 0 Å². The number of hydrogen-bond acceptors (Lipinski definition) is 4. The van der Waals surface area contributed by atoms with Crippen molar-refractivity contribution in [2.24, 2.45) is 19.8 Å². The Labute approximate surface area is 110 Å². The van der Waals surface area contributed by atoms with E-state index in [9.17, 15) is 9.59 Å². The zero-order chi connectivity index (χ0) is 14.2. The van der Waals surface area contributed by atoms with Gasteiger partial charge in [0.25, 0.3) is 5.56 Å². The maximum Gasteiger partial charge on any atom is 0.332 e. The Morgan fingerprint density at radius 1 is 1.21 bits per heavy atom. The third-order valence-electron chi connectivity index (χ3n) is 3.24. The number of imidazole rings is 1. The number of aromatic nitrogens is 4. The van der Waals surface area contributed by atoms with Crippen LogP contribution in [0.5, 0.6) is 0 Å². The Morgan fingerprint density at radius 3 is 2.47 bits per heavy atom. The van der Waals surface area contributed by atoms with E-state index in [1.165, 1.54) is 11.6 Å². The second-order valence-corrected chi connectivity index (χ2v) is 4.60. The molecule has 0 fully saturated rings. The molecular weight excluding hydrogens is 246 g/mol. The molecule has 2 heterocycles. The Kier molecular flexibility index (Phi) is 3.57. The molecular formula is C12H19N5O2. The van der Waals surface area contributed by atoms with Crippen LogP contribution in [0.1, 0.15) is 19.2 Å². The minimum Gasteiger partial charge on any atom is -0.330 e. The van der Waals surface area contributed by atoms with Gasteiger partial charge in [-0.3, -0.25) is 13.9 Å². The highest BCUT2D eigenvalue weighted by atomic mass is 16.2. The predicted octanol–water partition coefficient (Wildman–Crippen LogP) is -0.655. The van der Waals surface area contributed by atoms with Gasteiger partial charge in [0.05, 0.1) is 0 Å². The van der Waals surface area contributed by atoms with Crippen LogP contribution in [-0.2, 0) is 27.1 Å². The highest BCUT2D eigenvalue weighted by Crippen LogP contribution is 2.12. The molecule has 0 aliphatic rings. The molecule has 7 heteroatoms. The molecule has 19 heavy (non-hydrogen) atoms. The minimum absolute atomic E-state index is 0.303. The lowest BCUT2D eigenvalue weighted by Crippen LogP contribution is -2.37. The van der Waals surface area contributed by atoms with Crippen molar-refractivity contribution >= 4 is 11.2 Å². The summed E-state index contributed by atoms with van der Waals surface area (Å²) >= 11 is 0. The molecule has 0 amide bonds. The maximum atomic E-state index is 12.3. The minimum atomic E-state index is -0.363. The van der Waals surface area contributed by atoms with Crippen molar-refractivity contribution in [2.75, 3.05) is 6.54 Å². The second-order valence-electron chi connectivity index (χ2n) is 4.60. The summed E-state index contributed by atoms with van der Waals surface area (Å²) in [6, 6.07) is 0. The lowest BCUT2D eigenvalue weighted by molar-refractivity contribution is 0.645.